The first-order chi connectivity index (χ1) is 18.0. The topological polar surface area (TPSA) is 41.6 Å². The Hall–Kier alpha value is -3.90. The van der Waals surface area contributed by atoms with Crippen molar-refractivity contribution in [2.75, 3.05) is 26.2 Å². The molecule has 6 rings (SSSR count). The summed E-state index contributed by atoms with van der Waals surface area (Å²) in [6, 6.07) is 13.1. The van der Waals surface area contributed by atoms with Gasteiger partial charge in [0.15, 0.2) is 0 Å². The third kappa shape index (κ3) is 4.77. The molecule has 0 unspecified atom stereocenters. The summed E-state index contributed by atoms with van der Waals surface area (Å²) in [6.07, 6.45) is 15.3. The number of piperazine rings is 1. The van der Waals surface area contributed by atoms with Crippen LogP contribution in [0.15, 0.2) is 79.8 Å². The smallest absolute Gasteiger partial charge is 0.137 e. The Labute approximate surface area is 218 Å². The van der Waals surface area contributed by atoms with Crippen molar-refractivity contribution < 1.29 is 0 Å². The SMILES string of the molecule is C=C(c1cnn(C)c1)N1CCN(Cc2c(-c3ccc(C)cc3)nc3ccc(C4=CCCC=C4)cn23)CC1. The van der Waals surface area contributed by atoms with Gasteiger partial charge in [-0.3, -0.25) is 9.58 Å². The fourth-order valence-electron chi connectivity index (χ4n) is 5.33. The number of fused-ring (bicyclic) bond motifs is 1. The van der Waals surface area contributed by atoms with Gasteiger partial charge in [-0.25, -0.2) is 4.98 Å². The van der Waals surface area contributed by atoms with Crippen LogP contribution in [-0.4, -0.2) is 55.1 Å². The third-order valence-corrected chi connectivity index (χ3v) is 7.54. The van der Waals surface area contributed by atoms with Gasteiger partial charge < -0.3 is 9.30 Å². The van der Waals surface area contributed by atoms with Crippen LogP contribution in [-0.2, 0) is 13.6 Å². The van der Waals surface area contributed by atoms with Crippen LogP contribution in [0.25, 0.3) is 28.2 Å². The highest BCUT2D eigenvalue weighted by Gasteiger charge is 2.23. The number of aryl methyl sites for hydroxylation is 2. The highest BCUT2D eigenvalue weighted by Crippen LogP contribution is 2.29. The number of imidazole rings is 1. The van der Waals surface area contributed by atoms with Crippen molar-refractivity contribution in [3.05, 3.63) is 102 Å². The average molecular weight is 491 g/mol. The highest BCUT2D eigenvalue weighted by atomic mass is 15.3. The van der Waals surface area contributed by atoms with Gasteiger partial charge >= 0.3 is 0 Å². The zero-order valence-corrected chi connectivity index (χ0v) is 21.8. The molecule has 1 aliphatic carbocycles. The predicted molar refractivity (Wildman–Crippen MR) is 151 cm³/mol. The Morgan fingerprint density at radius 2 is 1.73 bits per heavy atom. The number of benzene rings is 1. The molecule has 1 aromatic carbocycles. The van der Waals surface area contributed by atoms with E-state index in [1.165, 1.54) is 28.0 Å². The van der Waals surface area contributed by atoms with Gasteiger partial charge in [0.25, 0.3) is 0 Å². The maximum absolute atomic E-state index is 5.11. The fraction of sp³-hybridized carbons (Fsp3) is 0.290. The van der Waals surface area contributed by atoms with Gasteiger partial charge in [-0.1, -0.05) is 54.6 Å². The number of pyridine rings is 1. The first-order valence-corrected chi connectivity index (χ1v) is 13.2. The molecule has 6 heteroatoms. The van der Waals surface area contributed by atoms with Gasteiger partial charge in [-0.15, -0.1) is 0 Å². The Morgan fingerprint density at radius 1 is 0.946 bits per heavy atom. The predicted octanol–water partition coefficient (Wildman–Crippen LogP) is 5.57. The van der Waals surface area contributed by atoms with Crippen LogP contribution in [0, 0.1) is 6.92 Å². The van der Waals surface area contributed by atoms with Crippen molar-refractivity contribution in [1.29, 1.82) is 0 Å². The maximum atomic E-state index is 5.11. The second-order valence-electron chi connectivity index (χ2n) is 10.2. The van der Waals surface area contributed by atoms with Crippen LogP contribution in [0.3, 0.4) is 0 Å². The number of aromatic nitrogens is 4. The number of hydrogen-bond acceptors (Lipinski definition) is 4. The first kappa shape index (κ1) is 23.5. The lowest BCUT2D eigenvalue weighted by Gasteiger charge is -2.36. The summed E-state index contributed by atoms with van der Waals surface area (Å²) in [5.41, 5.74) is 10.5. The lowest BCUT2D eigenvalue weighted by molar-refractivity contribution is 0.167. The first-order valence-electron chi connectivity index (χ1n) is 13.2. The number of hydrogen-bond donors (Lipinski definition) is 0. The molecular weight excluding hydrogens is 456 g/mol. The van der Waals surface area contributed by atoms with E-state index < -0.39 is 0 Å². The maximum Gasteiger partial charge on any atom is 0.137 e. The van der Waals surface area contributed by atoms with E-state index in [0.717, 1.165) is 68.2 Å². The van der Waals surface area contributed by atoms with Gasteiger partial charge in [-0.05, 0) is 43.0 Å². The summed E-state index contributed by atoms with van der Waals surface area (Å²) in [5.74, 6) is 0. The molecule has 1 fully saturated rings. The minimum absolute atomic E-state index is 0.857. The van der Waals surface area contributed by atoms with Crippen LogP contribution >= 0.6 is 0 Å². The summed E-state index contributed by atoms with van der Waals surface area (Å²) in [4.78, 5) is 10.0. The van der Waals surface area contributed by atoms with Gasteiger partial charge in [0.05, 0.1) is 17.6 Å². The van der Waals surface area contributed by atoms with Crippen molar-refractivity contribution in [2.24, 2.45) is 7.05 Å². The molecule has 0 spiro atoms. The summed E-state index contributed by atoms with van der Waals surface area (Å²) in [7, 11) is 1.95. The normalized spacial score (nSPS) is 16.4. The van der Waals surface area contributed by atoms with Crippen LogP contribution in [0.5, 0.6) is 0 Å². The minimum atomic E-state index is 0.857. The third-order valence-electron chi connectivity index (χ3n) is 7.54. The monoisotopic (exact) mass is 490 g/mol. The Bertz CT molecular complexity index is 1490. The van der Waals surface area contributed by atoms with E-state index in [1.54, 1.807) is 0 Å². The number of allylic oxidation sites excluding steroid dienone is 4. The van der Waals surface area contributed by atoms with E-state index in [2.05, 4.69) is 93.6 Å². The average Bonchev–Trinajstić information content (AvgIpc) is 3.53. The van der Waals surface area contributed by atoms with E-state index in [0.29, 0.717) is 0 Å². The zero-order chi connectivity index (χ0) is 25.4. The second-order valence-corrected chi connectivity index (χ2v) is 10.2. The Morgan fingerprint density at radius 3 is 2.43 bits per heavy atom. The summed E-state index contributed by atoms with van der Waals surface area (Å²) in [6.45, 7) is 11.2. The summed E-state index contributed by atoms with van der Waals surface area (Å²) in [5, 5.41) is 4.31. The van der Waals surface area contributed by atoms with Gasteiger partial charge in [-0.2, -0.15) is 5.10 Å². The molecule has 0 bridgehead atoms. The van der Waals surface area contributed by atoms with E-state index in [9.17, 15) is 0 Å². The molecule has 0 radical (unpaired) electrons. The van der Waals surface area contributed by atoms with Crippen molar-refractivity contribution >= 4 is 16.9 Å². The molecule has 3 aromatic heterocycles. The molecule has 37 heavy (non-hydrogen) atoms. The van der Waals surface area contributed by atoms with Crippen molar-refractivity contribution in [1.82, 2.24) is 29.0 Å². The molecular formula is C31H34N6. The van der Waals surface area contributed by atoms with E-state index in [4.69, 9.17) is 4.98 Å². The Balaban J connectivity index is 1.29. The van der Waals surface area contributed by atoms with Crippen molar-refractivity contribution in [3.8, 4) is 11.3 Å². The Kier molecular flexibility index (Phi) is 6.26. The quantitative estimate of drug-likeness (QED) is 0.355. The molecule has 0 atom stereocenters. The summed E-state index contributed by atoms with van der Waals surface area (Å²) >= 11 is 0. The molecule has 0 amide bonds. The van der Waals surface area contributed by atoms with Crippen LogP contribution in [0.2, 0.25) is 0 Å². The summed E-state index contributed by atoms with van der Waals surface area (Å²) < 4.78 is 4.15. The number of nitrogens with zero attached hydrogens (tertiary/aromatic N) is 6. The van der Waals surface area contributed by atoms with Crippen molar-refractivity contribution in [2.45, 2.75) is 26.3 Å². The van der Waals surface area contributed by atoms with Gasteiger partial charge in [0, 0.05) is 69.0 Å². The molecule has 2 aliphatic rings. The van der Waals surface area contributed by atoms with E-state index >= 15 is 0 Å². The molecule has 1 saturated heterocycles. The zero-order valence-electron chi connectivity index (χ0n) is 21.8. The van der Waals surface area contributed by atoms with Crippen LogP contribution in [0.4, 0.5) is 0 Å². The lowest BCUT2D eigenvalue weighted by Crippen LogP contribution is -2.44. The number of rotatable bonds is 6. The molecule has 0 saturated carbocycles. The largest absolute Gasteiger partial charge is 0.369 e. The van der Waals surface area contributed by atoms with Crippen LogP contribution in [0.1, 0.15) is 35.2 Å². The van der Waals surface area contributed by atoms with E-state index in [-0.39, 0.29) is 0 Å². The fourth-order valence-corrected chi connectivity index (χ4v) is 5.33. The lowest BCUT2D eigenvalue weighted by atomic mass is 10.0. The molecule has 1 aliphatic heterocycles. The van der Waals surface area contributed by atoms with Gasteiger partial charge in [0.1, 0.15) is 5.65 Å². The van der Waals surface area contributed by atoms with Crippen LogP contribution < -0.4 is 0 Å². The van der Waals surface area contributed by atoms with Gasteiger partial charge in [0.2, 0.25) is 0 Å². The standard InChI is InChI=1S/C31H34N6/c1-23-9-11-26(12-10-23)31-29(37-21-27(13-14-30(37)33-31)25-7-5-4-6-8-25)22-35-15-17-36(18-16-35)24(2)28-19-32-34(3)20-28/h5,7-14,19-21H,2,4,6,15-18,22H2,1,3H3. The highest BCUT2D eigenvalue weighted by molar-refractivity contribution is 5.76. The molecule has 188 valence electrons. The molecule has 6 nitrogen and oxygen atoms in total. The molecule has 0 N–H and O–H groups in total. The minimum Gasteiger partial charge on any atom is -0.369 e. The molecule has 4 aromatic rings. The van der Waals surface area contributed by atoms with E-state index in [1.807, 2.05) is 24.1 Å². The molecule has 4 heterocycles. The second kappa shape index (κ2) is 9.87. The van der Waals surface area contributed by atoms with Crippen molar-refractivity contribution in [3.63, 3.8) is 0 Å².